The molecule has 2 heterocycles. The van der Waals surface area contributed by atoms with Crippen LogP contribution in [-0.4, -0.2) is 39.6 Å². The summed E-state index contributed by atoms with van der Waals surface area (Å²) in [6.45, 7) is 3.12. The number of amides is 2. The van der Waals surface area contributed by atoms with Gasteiger partial charge in [-0.25, -0.2) is 4.39 Å². The molecule has 126 valence electrons. The third-order valence-corrected chi connectivity index (χ3v) is 4.18. The van der Waals surface area contributed by atoms with Gasteiger partial charge in [-0.05, 0) is 24.6 Å². The van der Waals surface area contributed by atoms with Crippen LogP contribution in [0.1, 0.15) is 29.0 Å². The highest BCUT2D eigenvalue weighted by molar-refractivity contribution is 6.33. The molecule has 3 rings (SSSR count). The van der Waals surface area contributed by atoms with Gasteiger partial charge in [0.2, 0.25) is 5.91 Å². The average molecular weight is 351 g/mol. The summed E-state index contributed by atoms with van der Waals surface area (Å²) < 4.78 is 14.7. The van der Waals surface area contributed by atoms with Gasteiger partial charge in [0.15, 0.2) is 5.69 Å². The summed E-state index contributed by atoms with van der Waals surface area (Å²) in [6.07, 6.45) is 1.58. The van der Waals surface area contributed by atoms with Gasteiger partial charge in [0.25, 0.3) is 5.91 Å². The van der Waals surface area contributed by atoms with E-state index in [9.17, 15) is 14.0 Å². The second-order valence-electron chi connectivity index (χ2n) is 5.42. The average Bonchev–Trinajstić information content (AvgIpc) is 2.96. The second kappa shape index (κ2) is 6.60. The molecule has 1 aliphatic rings. The Labute approximate surface area is 143 Å². The van der Waals surface area contributed by atoms with Crippen LogP contribution in [0.4, 0.5) is 4.39 Å². The van der Waals surface area contributed by atoms with Crippen molar-refractivity contribution in [3.05, 3.63) is 52.6 Å². The summed E-state index contributed by atoms with van der Waals surface area (Å²) >= 11 is 6.11. The van der Waals surface area contributed by atoms with E-state index in [0.717, 1.165) is 0 Å². The van der Waals surface area contributed by atoms with Gasteiger partial charge in [-0.1, -0.05) is 23.7 Å². The van der Waals surface area contributed by atoms with E-state index in [4.69, 9.17) is 11.6 Å². The van der Waals surface area contributed by atoms with Crippen molar-refractivity contribution in [2.24, 2.45) is 0 Å². The largest absolute Gasteiger partial charge is 0.352 e. The molecular formula is C16H16ClFN4O2. The molecule has 1 fully saturated rings. The lowest BCUT2D eigenvalue weighted by Gasteiger charge is -2.35. The van der Waals surface area contributed by atoms with Gasteiger partial charge in [-0.3, -0.25) is 14.3 Å². The molecule has 0 bridgehead atoms. The van der Waals surface area contributed by atoms with Crippen LogP contribution in [0.5, 0.6) is 0 Å². The standard InChI is InChI=1S/C16H16ClFN4O2/c1-2-21-9-12(17)13(20-21)16(24)22-8-7-19-15(23)14(22)10-3-5-11(18)6-4-10/h3-6,9,14H,2,7-8H2,1H3,(H,19,23). The zero-order valence-corrected chi connectivity index (χ0v) is 13.8. The van der Waals surface area contributed by atoms with Crippen LogP contribution in [0.15, 0.2) is 30.5 Å². The van der Waals surface area contributed by atoms with Crippen molar-refractivity contribution in [3.63, 3.8) is 0 Å². The number of carbonyl (C=O) groups is 2. The predicted octanol–water partition coefficient (Wildman–Crippen LogP) is 2.01. The summed E-state index contributed by atoms with van der Waals surface area (Å²) in [7, 11) is 0. The summed E-state index contributed by atoms with van der Waals surface area (Å²) in [5.74, 6) is -1.14. The van der Waals surface area contributed by atoms with Gasteiger partial charge in [0.1, 0.15) is 11.9 Å². The molecule has 0 radical (unpaired) electrons. The van der Waals surface area contributed by atoms with Gasteiger partial charge in [0, 0.05) is 25.8 Å². The molecule has 1 unspecified atom stereocenters. The highest BCUT2D eigenvalue weighted by Gasteiger charge is 2.36. The second-order valence-corrected chi connectivity index (χ2v) is 5.83. The van der Waals surface area contributed by atoms with Crippen LogP contribution in [0.25, 0.3) is 0 Å². The van der Waals surface area contributed by atoms with Crippen LogP contribution in [-0.2, 0) is 11.3 Å². The Morgan fingerprint density at radius 3 is 2.75 bits per heavy atom. The van der Waals surface area contributed by atoms with E-state index < -0.39 is 17.8 Å². The Bertz CT molecular complexity index is 775. The van der Waals surface area contributed by atoms with Crippen LogP contribution in [0, 0.1) is 5.82 Å². The van der Waals surface area contributed by atoms with Crippen molar-refractivity contribution in [3.8, 4) is 0 Å². The number of nitrogens with one attached hydrogen (secondary N) is 1. The number of aryl methyl sites for hydroxylation is 1. The summed E-state index contributed by atoms with van der Waals surface area (Å²) in [5.41, 5.74) is 0.647. The van der Waals surface area contributed by atoms with E-state index in [2.05, 4.69) is 10.4 Å². The number of hydrogen-bond donors (Lipinski definition) is 1. The Balaban J connectivity index is 1.96. The van der Waals surface area contributed by atoms with Crippen LogP contribution in [0.3, 0.4) is 0 Å². The normalized spacial score (nSPS) is 17.7. The molecule has 8 heteroatoms. The quantitative estimate of drug-likeness (QED) is 0.920. The van der Waals surface area contributed by atoms with Crippen molar-refractivity contribution in [2.75, 3.05) is 13.1 Å². The van der Waals surface area contributed by atoms with E-state index in [1.54, 1.807) is 10.9 Å². The lowest BCUT2D eigenvalue weighted by atomic mass is 10.0. The maximum absolute atomic E-state index is 13.2. The van der Waals surface area contributed by atoms with E-state index in [0.29, 0.717) is 25.2 Å². The molecule has 1 saturated heterocycles. The van der Waals surface area contributed by atoms with Crippen molar-refractivity contribution < 1.29 is 14.0 Å². The van der Waals surface area contributed by atoms with Crippen molar-refractivity contribution in [2.45, 2.75) is 19.5 Å². The lowest BCUT2D eigenvalue weighted by molar-refractivity contribution is -0.128. The molecule has 6 nitrogen and oxygen atoms in total. The molecule has 1 aliphatic heterocycles. The van der Waals surface area contributed by atoms with Gasteiger partial charge >= 0.3 is 0 Å². The van der Waals surface area contributed by atoms with Gasteiger partial charge in [0.05, 0.1) is 5.02 Å². The number of nitrogens with zero attached hydrogens (tertiary/aromatic N) is 3. The lowest BCUT2D eigenvalue weighted by Crippen LogP contribution is -2.52. The Hall–Kier alpha value is -2.41. The molecule has 2 aromatic rings. The first-order valence-corrected chi connectivity index (χ1v) is 7.96. The number of halogens is 2. The van der Waals surface area contributed by atoms with Crippen LogP contribution < -0.4 is 5.32 Å². The molecule has 0 aliphatic carbocycles. The zero-order chi connectivity index (χ0) is 17.3. The molecule has 0 spiro atoms. The van der Waals surface area contributed by atoms with Crippen molar-refractivity contribution >= 4 is 23.4 Å². The Kier molecular flexibility index (Phi) is 4.53. The molecule has 1 aromatic heterocycles. The maximum atomic E-state index is 13.2. The first kappa shape index (κ1) is 16.4. The zero-order valence-electron chi connectivity index (χ0n) is 13.0. The number of aromatic nitrogens is 2. The summed E-state index contributed by atoms with van der Waals surface area (Å²) in [6, 6.07) is 4.68. The third-order valence-electron chi connectivity index (χ3n) is 3.90. The van der Waals surface area contributed by atoms with Crippen LogP contribution >= 0.6 is 11.6 Å². The molecule has 0 saturated carbocycles. The highest BCUT2D eigenvalue weighted by atomic mass is 35.5. The van der Waals surface area contributed by atoms with Gasteiger partial charge in [-0.2, -0.15) is 5.10 Å². The highest BCUT2D eigenvalue weighted by Crippen LogP contribution is 2.27. The summed E-state index contributed by atoms with van der Waals surface area (Å²) in [4.78, 5) is 26.6. The number of hydrogen-bond acceptors (Lipinski definition) is 3. The minimum Gasteiger partial charge on any atom is -0.352 e. The smallest absolute Gasteiger partial charge is 0.276 e. The van der Waals surface area contributed by atoms with E-state index >= 15 is 0 Å². The fourth-order valence-electron chi connectivity index (χ4n) is 2.70. The molecule has 1 N–H and O–H groups in total. The van der Waals surface area contributed by atoms with Crippen molar-refractivity contribution in [1.82, 2.24) is 20.0 Å². The van der Waals surface area contributed by atoms with Crippen molar-refractivity contribution in [1.29, 1.82) is 0 Å². The predicted molar refractivity (Wildman–Crippen MR) is 86.1 cm³/mol. The molecule has 1 aromatic carbocycles. The fraction of sp³-hybridized carbons (Fsp3) is 0.312. The maximum Gasteiger partial charge on any atom is 0.276 e. The Morgan fingerprint density at radius 2 is 2.12 bits per heavy atom. The van der Waals surface area contributed by atoms with Gasteiger partial charge < -0.3 is 10.2 Å². The van der Waals surface area contributed by atoms with E-state index in [1.165, 1.54) is 29.2 Å². The first-order chi connectivity index (χ1) is 11.5. The third kappa shape index (κ3) is 2.99. The first-order valence-electron chi connectivity index (χ1n) is 7.58. The minimum atomic E-state index is -0.838. The van der Waals surface area contributed by atoms with Gasteiger partial charge in [-0.15, -0.1) is 0 Å². The SMILES string of the molecule is CCn1cc(Cl)c(C(=O)N2CCNC(=O)C2c2ccc(F)cc2)n1. The monoisotopic (exact) mass is 350 g/mol. The molecular weight excluding hydrogens is 335 g/mol. The number of piperazine rings is 1. The minimum absolute atomic E-state index is 0.111. The van der Waals surface area contributed by atoms with E-state index in [-0.39, 0.29) is 16.6 Å². The van der Waals surface area contributed by atoms with E-state index in [1.807, 2.05) is 6.92 Å². The summed E-state index contributed by atoms with van der Waals surface area (Å²) in [5, 5.41) is 7.14. The molecule has 24 heavy (non-hydrogen) atoms. The number of carbonyl (C=O) groups excluding carboxylic acids is 2. The number of rotatable bonds is 3. The van der Waals surface area contributed by atoms with Crippen LogP contribution in [0.2, 0.25) is 5.02 Å². The topological polar surface area (TPSA) is 67.2 Å². The molecule has 2 amide bonds. The Morgan fingerprint density at radius 1 is 1.42 bits per heavy atom. The number of benzene rings is 1. The molecule has 1 atom stereocenters. The fourth-order valence-corrected chi connectivity index (χ4v) is 2.93.